The number of benzene rings is 1. The van der Waals surface area contributed by atoms with Gasteiger partial charge >= 0.3 is 6.09 Å². The van der Waals surface area contributed by atoms with Gasteiger partial charge in [-0.2, -0.15) is 15.0 Å². The van der Waals surface area contributed by atoms with Crippen molar-refractivity contribution in [3.8, 4) is 11.8 Å². The number of pyridine rings is 1. The van der Waals surface area contributed by atoms with Crippen molar-refractivity contribution in [1.29, 1.82) is 5.26 Å². The van der Waals surface area contributed by atoms with Crippen LogP contribution in [0.3, 0.4) is 0 Å². The number of carboxylic acid groups (broad SMARTS) is 1. The number of rotatable bonds is 2. The molecule has 0 fully saturated rings. The Hall–Kier alpha value is -2.67. The second kappa shape index (κ2) is 6.57. The Labute approximate surface area is 162 Å². The first kappa shape index (κ1) is 16.8. The van der Waals surface area contributed by atoms with E-state index in [2.05, 4.69) is 16.2 Å². The molecule has 1 aromatic carbocycles. The SMILES string of the molecule is N#Cc1cc2c(cn1)C(Oc1ccc3c(c1)c(I)nn3C(=O)O)CCC2. The van der Waals surface area contributed by atoms with Crippen LogP contribution in [0.25, 0.3) is 10.9 Å². The number of hydrogen-bond donors (Lipinski definition) is 1. The number of halogens is 1. The molecule has 0 spiro atoms. The molecule has 130 valence electrons. The molecular weight excluding hydrogens is 447 g/mol. The lowest BCUT2D eigenvalue weighted by atomic mass is 9.90. The minimum Gasteiger partial charge on any atom is -0.486 e. The highest BCUT2D eigenvalue weighted by molar-refractivity contribution is 14.1. The van der Waals surface area contributed by atoms with E-state index in [0.29, 0.717) is 20.7 Å². The van der Waals surface area contributed by atoms with Crippen molar-refractivity contribution in [3.63, 3.8) is 0 Å². The van der Waals surface area contributed by atoms with Crippen molar-refractivity contribution in [2.24, 2.45) is 0 Å². The maximum absolute atomic E-state index is 11.3. The van der Waals surface area contributed by atoms with Gasteiger partial charge in [-0.25, -0.2) is 9.78 Å². The summed E-state index contributed by atoms with van der Waals surface area (Å²) >= 11 is 2.02. The molecule has 26 heavy (non-hydrogen) atoms. The maximum Gasteiger partial charge on any atom is 0.432 e. The van der Waals surface area contributed by atoms with Gasteiger partial charge in [0.15, 0.2) is 0 Å². The minimum atomic E-state index is -1.12. The first-order valence-electron chi connectivity index (χ1n) is 8.04. The molecule has 0 radical (unpaired) electrons. The summed E-state index contributed by atoms with van der Waals surface area (Å²) in [7, 11) is 0. The number of ether oxygens (including phenoxy) is 1. The first-order chi connectivity index (χ1) is 12.6. The largest absolute Gasteiger partial charge is 0.486 e. The zero-order valence-corrected chi connectivity index (χ0v) is 15.7. The van der Waals surface area contributed by atoms with Crippen LogP contribution in [0.1, 0.15) is 35.8 Å². The summed E-state index contributed by atoms with van der Waals surface area (Å²) in [5.74, 6) is 0.655. The Morgan fingerprint density at radius 3 is 3.04 bits per heavy atom. The molecule has 0 saturated carbocycles. The molecule has 0 saturated heterocycles. The molecule has 3 aromatic rings. The Bertz CT molecular complexity index is 1070. The third-order valence-corrected chi connectivity index (χ3v) is 5.26. The Kier molecular flexibility index (Phi) is 4.24. The molecule has 0 bridgehead atoms. The van der Waals surface area contributed by atoms with Crippen LogP contribution >= 0.6 is 22.6 Å². The average molecular weight is 460 g/mol. The number of fused-ring (bicyclic) bond motifs is 2. The highest BCUT2D eigenvalue weighted by Crippen LogP contribution is 2.35. The fourth-order valence-electron chi connectivity index (χ4n) is 3.28. The molecule has 4 rings (SSSR count). The summed E-state index contributed by atoms with van der Waals surface area (Å²) in [6.45, 7) is 0. The standard InChI is InChI=1S/C18H13IN4O3/c19-17-13-7-12(4-5-15(13)23(22-17)18(24)25)26-16-3-1-2-10-6-11(8-20)21-9-14(10)16/h4-7,9,16H,1-3H2,(H,24,25). The molecule has 1 unspecified atom stereocenters. The highest BCUT2D eigenvalue weighted by Gasteiger charge is 2.23. The van der Waals surface area contributed by atoms with Crippen LogP contribution in [0.4, 0.5) is 4.79 Å². The molecular formula is C18H13IN4O3. The number of carbonyl (C=O) groups is 1. The molecule has 1 aliphatic rings. The van der Waals surface area contributed by atoms with Gasteiger partial charge in [-0.1, -0.05) is 0 Å². The van der Waals surface area contributed by atoms with Crippen LogP contribution in [0.2, 0.25) is 0 Å². The van der Waals surface area contributed by atoms with Crippen LogP contribution < -0.4 is 4.74 Å². The number of nitrogens with zero attached hydrogens (tertiary/aromatic N) is 4. The average Bonchev–Trinajstić information content (AvgIpc) is 2.98. The van der Waals surface area contributed by atoms with Gasteiger partial charge in [0.2, 0.25) is 0 Å². The van der Waals surface area contributed by atoms with Gasteiger partial charge in [0, 0.05) is 17.1 Å². The molecule has 1 N–H and O–H groups in total. The monoisotopic (exact) mass is 460 g/mol. The zero-order valence-electron chi connectivity index (χ0n) is 13.5. The zero-order chi connectivity index (χ0) is 18.3. The summed E-state index contributed by atoms with van der Waals surface area (Å²) in [4.78, 5) is 15.4. The van der Waals surface area contributed by atoms with E-state index in [0.717, 1.165) is 40.5 Å². The predicted octanol–water partition coefficient (Wildman–Crippen LogP) is 3.89. The van der Waals surface area contributed by atoms with E-state index in [1.807, 2.05) is 34.7 Å². The molecule has 2 heterocycles. The van der Waals surface area contributed by atoms with Crippen LogP contribution in [-0.4, -0.2) is 26.0 Å². The molecule has 7 nitrogen and oxygen atoms in total. The fraction of sp³-hybridized carbons (Fsp3) is 0.222. The van der Waals surface area contributed by atoms with E-state index >= 15 is 0 Å². The quantitative estimate of drug-likeness (QED) is 0.583. The van der Waals surface area contributed by atoms with E-state index in [4.69, 9.17) is 10.00 Å². The molecule has 0 aliphatic heterocycles. The second-order valence-electron chi connectivity index (χ2n) is 6.04. The van der Waals surface area contributed by atoms with Crippen LogP contribution in [-0.2, 0) is 6.42 Å². The highest BCUT2D eigenvalue weighted by atomic mass is 127. The second-order valence-corrected chi connectivity index (χ2v) is 7.06. The van der Waals surface area contributed by atoms with Crippen molar-refractivity contribution in [2.75, 3.05) is 0 Å². The maximum atomic E-state index is 11.3. The first-order valence-corrected chi connectivity index (χ1v) is 9.12. The van der Waals surface area contributed by atoms with E-state index in [9.17, 15) is 9.90 Å². The Balaban J connectivity index is 1.68. The van der Waals surface area contributed by atoms with Gasteiger partial charge in [-0.05, 0) is 71.7 Å². The topological polar surface area (TPSA) is 101 Å². The van der Waals surface area contributed by atoms with Crippen molar-refractivity contribution < 1.29 is 14.6 Å². The van der Waals surface area contributed by atoms with E-state index < -0.39 is 6.09 Å². The summed E-state index contributed by atoms with van der Waals surface area (Å²) in [5.41, 5.74) is 3.05. The summed E-state index contributed by atoms with van der Waals surface area (Å²) < 4.78 is 7.75. The van der Waals surface area contributed by atoms with Gasteiger partial charge < -0.3 is 9.84 Å². The van der Waals surface area contributed by atoms with E-state index in [1.165, 1.54) is 0 Å². The van der Waals surface area contributed by atoms with Crippen molar-refractivity contribution in [1.82, 2.24) is 14.8 Å². The molecule has 0 amide bonds. The lowest BCUT2D eigenvalue weighted by molar-refractivity contribution is 0.183. The van der Waals surface area contributed by atoms with E-state index in [1.54, 1.807) is 18.3 Å². The molecule has 1 atom stereocenters. The van der Waals surface area contributed by atoms with Gasteiger partial charge in [0.1, 0.15) is 27.3 Å². The predicted molar refractivity (Wildman–Crippen MR) is 101 cm³/mol. The third kappa shape index (κ3) is 2.88. The summed E-state index contributed by atoms with van der Waals surface area (Å²) in [6.07, 6.45) is 3.22. The molecule has 2 aromatic heterocycles. The Morgan fingerprint density at radius 1 is 1.42 bits per heavy atom. The van der Waals surface area contributed by atoms with Gasteiger partial charge in [-0.3, -0.25) is 0 Å². The number of aryl methyl sites for hydroxylation is 1. The molecule has 1 aliphatic carbocycles. The Morgan fingerprint density at radius 2 is 2.27 bits per heavy atom. The number of hydrogen-bond acceptors (Lipinski definition) is 5. The number of nitriles is 1. The third-order valence-electron chi connectivity index (χ3n) is 4.46. The van der Waals surface area contributed by atoms with Gasteiger partial charge in [-0.15, -0.1) is 0 Å². The van der Waals surface area contributed by atoms with Crippen LogP contribution in [0, 0.1) is 15.0 Å². The smallest absolute Gasteiger partial charge is 0.432 e. The molecule has 8 heteroatoms. The lowest BCUT2D eigenvalue weighted by Gasteiger charge is -2.26. The van der Waals surface area contributed by atoms with Gasteiger partial charge in [0.05, 0.1) is 5.52 Å². The van der Waals surface area contributed by atoms with E-state index in [-0.39, 0.29) is 6.10 Å². The summed E-state index contributed by atoms with van der Waals surface area (Å²) in [6, 6.07) is 9.17. The van der Waals surface area contributed by atoms with Gasteiger partial charge in [0.25, 0.3) is 0 Å². The summed E-state index contributed by atoms with van der Waals surface area (Å²) in [5, 5.41) is 23.0. The minimum absolute atomic E-state index is 0.136. The van der Waals surface area contributed by atoms with Crippen molar-refractivity contribution >= 4 is 39.6 Å². The van der Waals surface area contributed by atoms with Crippen LogP contribution in [0.5, 0.6) is 5.75 Å². The lowest BCUT2D eigenvalue weighted by Crippen LogP contribution is -2.16. The fourth-order valence-corrected chi connectivity index (χ4v) is 3.92. The van der Waals surface area contributed by atoms with Crippen LogP contribution in [0.15, 0.2) is 30.5 Å². The normalized spacial score (nSPS) is 16.1. The van der Waals surface area contributed by atoms with Crippen molar-refractivity contribution in [2.45, 2.75) is 25.4 Å². The van der Waals surface area contributed by atoms with Crippen molar-refractivity contribution in [3.05, 3.63) is 51.0 Å². The number of aromatic nitrogens is 3.